The van der Waals surface area contributed by atoms with E-state index in [1.807, 2.05) is 0 Å². The minimum absolute atomic E-state index is 0. The van der Waals surface area contributed by atoms with Crippen LogP contribution in [0.5, 0.6) is 0 Å². The molecule has 7 heteroatoms. The van der Waals surface area contributed by atoms with Gasteiger partial charge >= 0.3 is 61.8 Å². The van der Waals surface area contributed by atoms with E-state index >= 15 is 0 Å². The second kappa shape index (κ2) is 6.36. The monoisotopic (exact) mass is 266 g/mol. The van der Waals surface area contributed by atoms with E-state index in [1.165, 1.54) is 0 Å². The molecule has 2 N–H and O–H groups in total. The summed E-state index contributed by atoms with van der Waals surface area (Å²) in [6.07, 6.45) is 0. The third kappa shape index (κ3) is 64.0. The van der Waals surface area contributed by atoms with E-state index in [1.54, 1.807) is 0 Å². The Morgan fingerprint density at radius 3 is 1.14 bits per heavy atom. The van der Waals surface area contributed by atoms with E-state index in [0.29, 0.717) is 0 Å². The van der Waals surface area contributed by atoms with Crippen LogP contribution < -0.4 is 0 Å². The summed E-state index contributed by atoms with van der Waals surface area (Å²) >= 11 is 0. The minimum atomic E-state index is -4.67. The van der Waals surface area contributed by atoms with Crippen molar-refractivity contribution in [2.24, 2.45) is 0 Å². The zero-order chi connectivity index (χ0) is 4.50. The third-order valence-corrected chi connectivity index (χ3v) is 0. The molecule has 0 spiro atoms. The fraction of sp³-hybridized carbons (Fsp3) is 0. The molecule has 0 unspecified atom stereocenters. The van der Waals surface area contributed by atoms with Gasteiger partial charge in [-0.2, -0.15) is 8.42 Å². The molecule has 0 radical (unpaired) electrons. The molecule has 7 heavy (non-hydrogen) atoms. The first-order valence-corrected chi connectivity index (χ1v) is 2.10. The average molecular weight is 266 g/mol. The number of hydrogen-bond acceptors (Lipinski definition) is 2. The molecule has 0 saturated heterocycles. The SMILES string of the molecule is I.O=S(=O)(O)O.[KH]. The van der Waals surface area contributed by atoms with E-state index in [2.05, 4.69) is 0 Å². The predicted molar refractivity (Wildman–Crippen MR) is 36.7 cm³/mol. The summed E-state index contributed by atoms with van der Waals surface area (Å²) in [5.41, 5.74) is 0. The number of rotatable bonds is 0. The van der Waals surface area contributed by atoms with Crippen LogP contribution in [0, 0.1) is 0 Å². The van der Waals surface area contributed by atoms with Crippen molar-refractivity contribution in [1.82, 2.24) is 0 Å². The Morgan fingerprint density at radius 1 is 1.14 bits per heavy atom. The Kier molecular flexibility index (Phi) is 14.6. The molecule has 0 aliphatic rings. The third-order valence-electron chi connectivity index (χ3n) is 0. The van der Waals surface area contributed by atoms with Crippen molar-refractivity contribution in [2.45, 2.75) is 0 Å². The molecule has 0 heterocycles. The summed E-state index contributed by atoms with van der Waals surface area (Å²) in [5.74, 6) is 0. The van der Waals surface area contributed by atoms with Crippen LogP contribution in [0.2, 0.25) is 0 Å². The topological polar surface area (TPSA) is 74.6 Å². The van der Waals surface area contributed by atoms with Crippen LogP contribution in [0.15, 0.2) is 0 Å². The summed E-state index contributed by atoms with van der Waals surface area (Å²) in [7, 11) is -4.67. The van der Waals surface area contributed by atoms with Crippen LogP contribution in [0.3, 0.4) is 0 Å². The van der Waals surface area contributed by atoms with Crippen LogP contribution >= 0.6 is 24.0 Å². The Hall–Kier alpha value is 2.24. The molecular weight excluding hydrogens is 262 g/mol. The number of halogens is 1. The zero-order valence-electron chi connectivity index (χ0n) is 2.53. The molecule has 0 saturated carbocycles. The summed E-state index contributed by atoms with van der Waals surface area (Å²) in [6.45, 7) is 0. The molecule has 4 nitrogen and oxygen atoms in total. The van der Waals surface area contributed by atoms with Gasteiger partial charge in [0.2, 0.25) is 0 Å². The van der Waals surface area contributed by atoms with Crippen molar-refractivity contribution in [2.75, 3.05) is 0 Å². The van der Waals surface area contributed by atoms with Gasteiger partial charge in [-0.1, -0.05) is 0 Å². The van der Waals surface area contributed by atoms with Crippen LogP contribution in [0.4, 0.5) is 0 Å². The van der Waals surface area contributed by atoms with Crippen molar-refractivity contribution >= 4 is 85.8 Å². The van der Waals surface area contributed by atoms with Crippen LogP contribution in [-0.4, -0.2) is 68.9 Å². The summed E-state index contributed by atoms with van der Waals surface area (Å²) in [4.78, 5) is 0. The molecule has 0 aromatic heterocycles. The quantitative estimate of drug-likeness (QED) is 0.346. The molecule has 0 aromatic rings. The first-order valence-electron chi connectivity index (χ1n) is 0.698. The zero-order valence-corrected chi connectivity index (χ0v) is 5.67. The van der Waals surface area contributed by atoms with E-state index in [4.69, 9.17) is 17.5 Å². The maximum atomic E-state index is 8.74. The molecule has 0 rings (SSSR count). The van der Waals surface area contributed by atoms with Gasteiger partial charge in [0, 0.05) is 0 Å². The van der Waals surface area contributed by atoms with Gasteiger partial charge in [0.05, 0.1) is 0 Å². The summed E-state index contributed by atoms with van der Waals surface area (Å²) in [5, 5.41) is 0. The Balaban J connectivity index is -0.0000000800. The van der Waals surface area contributed by atoms with Gasteiger partial charge < -0.3 is 0 Å². The molecule has 0 fully saturated rings. The van der Waals surface area contributed by atoms with Gasteiger partial charge in [-0.15, -0.1) is 24.0 Å². The Morgan fingerprint density at radius 2 is 1.14 bits per heavy atom. The van der Waals surface area contributed by atoms with Crippen LogP contribution in [-0.2, 0) is 10.4 Å². The van der Waals surface area contributed by atoms with Gasteiger partial charge in [0.1, 0.15) is 0 Å². The van der Waals surface area contributed by atoms with Crippen molar-refractivity contribution in [3.63, 3.8) is 0 Å². The Labute approximate surface area is 101 Å². The summed E-state index contributed by atoms with van der Waals surface area (Å²) in [6, 6.07) is 0. The molecule has 42 valence electrons. The predicted octanol–water partition coefficient (Wildman–Crippen LogP) is -0.683. The van der Waals surface area contributed by atoms with Gasteiger partial charge in [0.15, 0.2) is 0 Å². The maximum absolute atomic E-state index is 8.74. The normalized spacial score (nSPS) is 8.29. The molecular formula is H4IKO4S. The van der Waals surface area contributed by atoms with E-state index < -0.39 is 10.4 Å². The molecule has 0 bridgehead atoms. The Bertz CT molecular complexity index is 94.9. The first kappa shape index (κ1) is 16.1. The van der Waals surface area contributed by atoms with E-state index in [0.717, 1.165) is 0 Å². The molecule has 0 atom stereocenters. The molecule has 0 aromatic carbocycles. The fourth-order valence-corrected chi connectivity index (χ4v) is 0. The van der Waals surface area contributed by atoms with Crippen molar-refractivity contribution in [3.8, 4) is 0 Å². The second-order valence-electron chi connectivity index (χ2n) is 0.448. The average Bonchev–Trinajstić information content (AvgIpc) is 0.722. The second-order valence-corrected chi connectivity index (χ2v) is 1.34. The van der Waals surface area contributed by atoms with Crippen molar-refractivity contribution in [3.05, 3.63) is 0 Å². The van der Waals surface area contributed by atoms with Crippen molar-refractivity contribution in [1.29, 1.82) is 0 Å². The first-order chi connectivity index (χ1) is 2.00. The van der Waals surface area contributed by atoms with Crippen LogP contribution in [0.25, 0.3) is 0 Å². The van der Waals surface area contributed by atoms with Crippen molar-refractivity contribution < 1.29 is 17.5 Å². The molecule has 0 aliphatic carbocycles. The van der Waals surface area contributed by atoms with E-state index in [9.17, 15) is 0 Å². The van der Waals surface area contributed by atoms with Gasteiger partial charge in [-0.05, 0) is 0 Å². The van der Waals surface area contributed by atoms with Gasteiger partial charge in [-0.25, -0.2) is 0 Å². The van der Waals surface area contributed by atoms with Crippen LogP contribution in [0.1, 0.15) is 0 Å². The fourth-order valence-electron chi connectivity index (χ4n) is 0. The molecule has 0 amide bonds. The van der Waals surface area contributed by atoms with E-state index in [-0.39, 0.29) is 75.4 Å². The molecule has 0 aliphatic heterocycles. The number of hydrogen-bond donors (Lipinski definition) is 2. The van der Waals surface area contributed by atoms with Gasteiger partial charge in [0.25, 0.3) is 0 Å². The summed E-state index contributed by atoms with van der Waals surface area (Å²) < 4.78 is 31.6. The standard InChI is InChI=1S/HI.K.H2O4S.H/c;;1-5(2,3)4;/h1H;;(H2,1,2,3,4);. The van der Waals surface area contributed by atoms with Gasteiger partial charge in [-0.3, -0.25) is 9.11 Å².